The van der Waals surface area contributed by atoms with Crippen molar-refractivity contribution < 1.29 is 19.0 Å². The van der Waals surface area contributed by atoms with Gasteiger partial charge < -0.3 is 24.8 Å². The zero-order valence-electron chi connectivity index (χ0n) is 15.8. The summed E-state index contributed by atoms with van der Waals surface area (Å²) in [7, 11) is 4.62. The molecule has 0 saturated carbocycles. The van der Waals surface area contributed by atoms with Crippen LogP contribution in [0.5, 0.6) is 17.2 Å². The Hall–Kier alpha value is -3.03. The van der Waals surface area contributed by atoms with Crippen LogP contribution in [0.15, 0.2) is 24.5 Å². The van der Waals surface area contributed by atoms with Gasteiger partial charge in [-0.1, -0.05) is 0 Å². The molecule has 0 aliphatic rings. The first-order valence-electron chi connectivity index (χ1n) is 7.99. The second-order valence-electron chi connectivity index (χ2n) is 6.53. The van der Waals surface area contributed by atoms with Crippen molar-refractivity contribution >= 4 is 17.4 Å². The minimum Gasteiger partial charge on any atom is -0.493 e. The predicted molar refractivity (Wildman–Crippen MR) is 98.6 cm³/mol. The number of methoxy groups -OCH3 is 3. The van der Waals surface area contributed by atoms with Crippen LogP contribution in [0.4, 0.5) is 11.5 Å². The number of anilines is 2. The van der Waals surface area contributed by atoms with Gasteiger partial charge in [-0.05, 0) is 20.8 Å². The van der Waals surface area contributed by atoms with Crippen LogP contribution in [0, 0.1) is 0 Å². The third-order valence-corrected chi connectivity index (χ3v) is 3.33. The van der Waals surface area contributed by atoms with E-state index < -0.39 is 0 Å². The predicted octanol–water partition coefficient (Wildman–Crippen LogP) is 2.77. The summed E-state index contributed by atoms with van der Waals surface area (Å²) in [5.74, 6) is 1.71. The maximum atomic E-state index is 12.3. The number of ether oxygens (including phenoxy) is 3. The summed E-state index contributed by atoms with van der Waals surface area (Å²) in [6, 6.07) is 5.07. The average Bonchev–Trinajstić information content (AvgIpc) is 2.59. The molecule has 0 saturated heterocycles. The zero-order valence-corrected chi connectivity index (χ0v) is 15.8. The first-order valence-corrected chi connectivity index (χ1v) is 7.99. The van der Waals surface area contributed by atoms with Gasteiger partial charge in [0.2, 0.25) is 5.75 Å². The lowest BCUT2D eigenvalue weighted by Gasteiger charge is -2.20. The summed E-state index contributed by atoms with van der Waals surface area (Å²) in [5.41, 5.74) is 0.581. The quantitative estimate of drug-likeness (QED) is 0.818. The molecule has 2 rings (SSSR count). The van der Waals surface area contributed by atoms with Gasteiger partial charge in [0.25, 0.3) is 5.91 Å². The van der Waals surface area contributed by atoms with Gasteiger partial charge >= 0.3 is 0 Å². The normalized spacial score (nSPS) is 10.8. The SMILES string of the molecule is COc1cc(Nc2cc(C(=O)NC(C)(C)C)ncn2)cc(OC)c1OC. The Labute approximate surface area is 152 Å². The van der Waals surface area contributed by atoms with Gasteiger partial charge in [0.05, 0.1) is 21.3 Å². The van der Waals surface area contributed by atoms with Gasteiger partial charge in [0.15, 0.2) is 11.5 Å². The Morgan fingerprint density at radius 2 is 1.58 bits per heavy atom. The topological polar surface area (TPSA) is 94.6 Å². The van der Waals surface area contributed by atoms with E-state index in [2.05, 4.69) is 20.6 Å². The molecule has 0 spiro atoms. The fourth-order valence-corrected chi connectivity index (χ4v) is 2.26. The Morgan fingerprint density at radius 3 is 2.08 bits per heavy atom. The van der Waals surface area contributed by atoms with Gasteiger partial charge in [-0.25, -0.2) is 9.97 Å². The second-order valence-corrected chi connectivity index (χ2v) is 6.53. The van der Waals surface area contributed by atoms with Crippen LogP contribution in [0.1, 0.15) is 31.3 Å². The van der Waals surface area contributed by atoms with Gasteiger partial charge in [-0.2, -0.15) is 0 Å². The average molecular weight is 360 g/mol. The molecule has 8 nitrogen and oxygen atoms in total. The standard InChI is InChI=1S/C18H24N4O4/c1-18(2,3)22-17(23)12-9-15(20-10-19-12)21-11-7-13(24-4)16(26-6)14(8-11)25-5/h7-10H,1-6H3,(H,22,23)(H,19,20,21). The van der Waals surface area contributed by atoms with Crippen LogP contribution >= 0.6 is 0 Å². The van der Waals surface area contributed by atoms with Crippen molar-refractivity contribution in [2.75, 3.05) is 26.6 Å². The molecule has 0 unspecified atom stereocenters. The van der Waals surface area contributed by atoms with Crippen molar-refractivity contribution in [3.63, 3.8) is 0 Å². The number of nitrogens with zero attached hydrogens (tertiary/aromatic N) is 2. The van der Waals surface area contributed by atoms with E-state index in [4.69, 9.17) is 14.2 Å². The molecule has 1 amide bonds. The molecule has 0 bridgehead atoms. The van der Waals surface area contributed by atoms with Gasteiger partial charge in [0.1, 0.15) is 17.8 Å². The number of hydrogen-bond donors (Lipinski definition) is 2. The number of hydrogen-bond acceptors (Lipinski definition) is 7. The zero-order chi connectivity index (χ0) is 19.3. The molecule has 1 aromatic heterocycles. The highest BCUT2D eigenvalue weighted by Crippen LogP contribution is 2.40. The van der Waals surface area contributed by atoms with Crippen molar-refractivity contribution in [1.29, 1.82) is 0 Å². The van der Waals surface area contributed by atoms with Gasteiger partial charge in [0, 0.05) is 29.4 Å². The minimum atomic E-state index is -0.355. The smallest absolute Gasteiger partial charge is 0.270 e. The fraction of sp³-hybridized carbons (Fsp3) is 0.389. The lowest BCUT2D eigenvalue weighted by Crippen LogP contribution is -2.40. The molecule has 0 radical (unpaired) electrons. The van der Waals surface area contributed by atoms with E-state index in [1.165, 1.54) is 13.4 Å². The summed E-state index contributed by atoms with van der Waals surface area (Å²) in [6.45, 7) is 5.71. The number of carbonyl (C=O) groups is 1. The molecular weight excluding hydrogens is 336 g/mol. The number of rotatable bonds is 6. The molecule has 140 valence electrons. The fourth-order valence-electron chi connectivity index (χ4n) is 2.26. The van der Waals surface area contributed by atoms with E-state index in [1.807, 2.05) is 20.8 Å². The van der Waals surface area contributed by atoms with Crippen LogP contribution in [0.25, 0.3) is 0 Å². The third kappa shape index (κ3) is 4.75. The Balaban J connectivity index is 2.29. The highest BCUT2D eigenvalue weighted by Gasteiger charge is 2.17. The van der Waals surface area contributed by atoms with Crippen LogP contribution in [0.3, 0.4) is 0 Å². The monoisotopic (exact) mass is 360 g/mol. The number of carbonyl (C=O) groups excluding carboxylic acids is 1. The lowest BCUT2D eigenvalue weighted by molar-refractivity contribution is 0.0914. The van der Waals surface area contributed by atoms with E-state index in [0.29, 0.717) is 28.8 Å². The molecule has 0 aliphatic carbocycles. The summed E-state index contributed by atoms with van der Waals surface area (Å²) in [4.78, 5) is 20.4. The maximum Gasteiger partial charge on any atom is 0.270 e. The Kier molecular flexibility index (Phi) is 5.86. The number of amides is 1. The van der Waals surface area contributed by atoms with E-state index in [9.17, 15) is 4.79 Å². The maximum absolute atomic E-state index is 12.3. The largest absolute Gasteiger partial charge is 0.493 e. The highest BCUT2D eigenvalue weighted by molar-refractivity contribution is 5.93. The molecule has 26 heavy (non-hydrogen) atoms. The van der Waals surface area contributed by atoms with Crippen molar-refractivity contribution in [1.82, 2.24) is 15.3 Å². The van der Waals surface area contributed by atoms with E-state index in [1.54, 1.807) is 32.4 Å². The molecule has 1 heterocycles. The molecule has 0 aliphatic heterocycles. The molecule has 0 atom stereocenters. The summed E-state index contributed by atoms with van der Waals surface area (Å²) >= 11 is 0. The molecule has 1 aromatic carbocycles. The van der Waals surface area contributed by atoms with Crippen LogP contribution in [0.2, 0.25) is 0 Å². The summed E-state index contributed by atoms with van der Waals surface area (Å²) in [5, 5.41) is 5.98. The van der Waals surface area contributed by atoms with Crippen LogP contribution in [-0.4, -0.2) is 42.7 Å². The molecule has 2 aromatic rings. The molecule has 0 fully saturated rings. The minimum absolute atomic E-state index is 0.268. The van der Waals surface area contributed by atoms with Crippen molar-refractivity contribution in [2.45, 2.75) is 26.3 Å². The molecule has 8 heteroatoms. The van der Waals surface area contributed by atoms with Crippen molar-refractivity contribution in [3.05, 3.63) is 30.2 Å². The first-order chi connectivity index (χ1) is 12.3. The van der Waals surface area contributed by atoms with E-state index in [0.717, 1.165) is 0 Å². The van der Waals surface area contributed by atoms with Gasteiger partial charge in [-0.3, -0.25) is 4.79 Å². The van der Waals surface area contributed by atoms with E-state index >= 15 is 0 Å². The third-order valence-electron chi connectivity index (χ3n) is 3.33. The summed E-state index contributed by atoms with van der Waals surface area (Å²) < 4.78 is 16.0. The lowest BCUT2D eigenvalue weighted by atomic mass is 10.1. The van der Waals surface area contributed by atoms with Crippen molar-refractivity contribution in [3.8, 4) is 17.2 Å². The molecular formula is C18H24N4O4. The number of nitrogens with one attached hydrogen (secondary N) is 2. The Morgan fingerprint density at radius 1 is 0.962 bits per heavy atom. The van der Waals surface area contributed by atoms with Crippen LogP contribution < -0.4 is 24.8 Å². The number of benzene rings is 1. The van der Waals surface area contributed by atoms with E-state index in [-0.39, 0.29) is 17.1 Å². The van der Waals surface area contributed by atoms with Crippen LogP contribution in [-0.2, 0) is 0 Å². The summed E-state index contributed by atoms with van der Waals surface area (Å²) in [6.07, 6.45) is 1.33. The highest BCUT2D eigenvalue weighted by atomic mass is 16.5. The van der Waals surface area contributed by atoms with Gasteiger partial charge in [-0.15, -0.1) is 0 Å². The second kappa shape index (κ2) is 7.90. The molecule has 2 N–H and O–H groups in total. The van der Waals surface area contributed by atoms with Crippen molar-refractivity contribution in [2.24, 2.45) is 0 Å². The Bertz CT molecular complexity index is 762. The number of aromatic nitrogens is 2. The first kappa shape index (κ1) is 19.3.